The Balaban J connectivity index is 1.92. The van der Waals surface area contributed by atoms with Gasteiger partial charge in [0.2, 0.25) is 12.4 Å². The lowest BCUT2D eigenvalue weighted by molar-refractivity contribution is -0.137. The summed E-state index contributed by atoms with van der Waals surface area (Å²) in [6.07, 6.45) is -4.00. The summed E-state index contributed by atoms with van der Waals surface area (Å²) in [6.45, 7) is 4.20. The number of nitrogens with one attached hydrogen (secondary N) is 2. The van der Waals surface area contributed by atoms with E-state index in [1.165, 1.54) is 18.1 Å². The molecule has 0 radical (unpaired) electrons. The zero-order chi connectivity index (χ0) is 23.5. The molecule has 1 unspecified atom stereocenters. The molecular formula is C20H23F4N5O3. The molecule has 1 aliphatic heterocycles. The first-order valence-electron chi connectivity index (χ1n) is 9.78. The van der Waals surface area contributed by atoms with Gasteiger partial charge < -0.3 is 25.0 Å². The van der Waals surface area contributed by atoms with Crippen molar-refractivity contribution in [1.82, 2.24) is 14.9 Å². The summed E-state index contributed by atoms with van der Waals surface area (Å²) >= 11 is 0. The van der Waals surface area contributed by atoms with Crippen molar-refractivity contribution in [3.8, 4) is 5.75 Å². The molecule has 1 amide bonds. The van der Waals surface area contributed by atoms with E-state index in [9.17, 15) is 22.4 Å². The molecule has 12 heteroatoms. The molecule has 1 aromatic carbocycles. The van der Waals surface area contributed by atoms with Gasteiger partial charge in [-0.1, -0.05) is 0 Å². The van der Waals surface area contributed by atoms with E-state index in [1.807, 2.05) is 0 Å². The summed E-state index contributed by atoms with van der Waals surface area (Å²) in [4.78, 5) is 20.1. The molecule has 0 bridgehead atoms. The summed E-state index contributed by atoms with van der Waals surface area (Å²) < 4.78 is 65.5. The van der Waals surface area contributed by atoms with E-state index in [-0.39, 0.29) is 42.1 Å². The van der Waals surface area contributed by atoms with Gasteiger partial charge in [0.1, 0.15) is 29.1 Å². The van der Waals surface area contributed by atoms with Crippen LogP contribution in [0.3, 0.4) is 0 Å². The van der Waals surface area contributed by atoms with Crippen LogP contribution in [0.1, 0.15) is 31.1 Å². The Kier molecular flexibility index (Phi) is 7.02. The van der Waals surface area contributed by atoms with Crippen molar-refractivity contribution in [2.75, 3.05) is 37.4 Å². The zero-order valence-corrected chi connectivity index (χ0v) is 17.7. The Bertz CT molecular complexity index is 971. The van der Waals surface area contributed by atoms with Crippen LogP contribution in [0.5, 0.6) is 5.75 Å². The molecule has 1 aliphatic rings. The molecule has 1 atom stereocenters. The number of morpholine rings is 1. The Hall–Kier alpha value is -3.15. The number of hydrogen-bond donors (Lipinski definition) is 2. The number of rotatable bonds is 7. The van der Waals surface area contributed by atoms with Gasteiger partial charge in [0.15, 0.2) is 0 Å². The molecule has 8 nitrogen and oxygen atoms in total. The number of benzene rings is 1. The van der Waals surface area contributed by atoms with E-state index in [4.69, 9.17) is 9.47 Å². The molecule has 2 aromatic rings. The van der Waals surface area contributed by atoms with Crippen LogP contribution in [0, 0.1) is 5.82 Å². The number of hydrogen-bond acceptors (Lipinski definition) is 7. The van der Waals surface area contributed by atoms with Crippen LogP contribution in [0.15, 0.2) is 18.3 Å². The maximum absolute atomic E-state index is 14.9. The lowest BCUT2D eigenvalue weighted by atomic mass is 10.1. The molecule has 174 valence electrons. The lowest BCUT2D eigenvalue weighted by Crippen LogP contribution is -2.37. The molecular weight excluding hydrogens is 434 g/mol. The second-order valence-electron chi connectivity index (χ2n) is 7.41. The highest BCUT2D eigenvalue weighted by Gasteiger charge is 2.35. The van der Waals surface area contributed by atoms with Gasteiger partial charge in [-0.15, -0.1) is 0 Å². The third-order valence-electron chi connectivity index (χ3n) is 4.68. The first kappa shape index (κ1) is 23.5. The van der Waals surface area contributed by atoms with Crippen molar-refractivity contribution in [2.24, 2.45) is 0 Å². The maximum Gasteiger partial charge on any atom is 0.421 e. The molecule has 0 saturated carbocycles. The average Bonchev–Trinajstić information content (AvgIpc) is 2.73. The number of anilines is 3. The number of amides is 1. The molecule has 0 aliphatic carbocycles. The number of methoxy groups -OCH3 is 1. The largest absolute Gasteiger partial charge is 0.495 e. The minimum Gasteiger partial charge on any atom is -0.495 e. The third kappa shape index (κ3) is 5.36. The third-order valence-corrected chi connectivity index (χ3v) is 4.68. The smallest absolute Gasteiger partial charge is 0.421 e. The van der Waals surface area contributed by atoms with Crippen LogP contribution < -0.4 is 15.4 Å². The standard InChI is InChI=1S/C20H23F4N5O3/c1-11(2)26-18-13(20(22,23)24)8-25-19(28-18)27-15-7-14(21)12(6-16(15)31-3)17-9-29(10-30)4-5-32-17/h6-8,10-11,17H,4-5,9H2,1-3H3,(H2,25,26,27,28). The van der Waals surface area contributed by atoms with Gasteiger partial charge in [-0.05, 0) is 19.9 Å². The van der Waals surface area contributed by atoms with Gasteiger partial charge in [0, 0.05) is 30.4 Å². The van der Waals surface area contributed by atoms with Gasteiger partial charge in [-0.3, -0.25) is 4.79 Å². The highest BCUT2D eigenvalue weighted by atomic mass is 19.4. The van der Waals surface area contributed by atoms with Gasteiger partial charge in [0.05, 0.1) is 25.9 Å². The summed E-state index contributed by atoms with van der Waals surface area (Å²) in [5.74, 6) is -1.01. The lowest BCUT2D eigenvalue weighted by Gasteiger charge is -2.31. The first-order chi connectivity index (χ1) is 15.1. The number of carbonyl (C=O) groups excluding carboxylic acids is 1. The fraction of sp³-hybridized carbons (Fsp3) is 0.450. The Labute approximate surface area is 181 Å². The molecule has 2 heterocycles. The van der Waals surface area contributed by atoms with Crippen LogP contribution in [0.2, 0.25) is 0 Å². The van der Waals surface area contributed by atoms with Crippen molar-refractivity contribution in [3.05, 3.63) is 35.3 Å². The fourth-order valence-electron chi connectivity index (χ4n) is 3.19. The molecule has 32 heavy (non-hydrogen) atoms. The highest BCUT2D eigenvalue weighted by Crippen LogP contribution is 2.37. The maximum atomic E-state index is 14.9. The molecule has 1 saturated heterocycles. The van der Waals surface area contributed by atoms with Crippen molar-refractivity contribution in [1.29, 1.82) is 0 Å². The molecule has 1 fully saturated rings. The Morgan fingerprint density at radius 3 is 2.72 bits per heavy atom. The predicted molar refractivity (Wildman–Crippen MR) is 108 cm³/mol. The number of carbonyl (C=O) groups is 1. The Morgan fingerprint density at radius 2 is 2.09 bits per heavy atom. The van der Waals surface area contributed by atoms with Crippen LogP contribution >= 0.6 is 0 Å². The Morgan fingerprint density at radius 1 is 1.34 bits per heavy atom. The molecule has 1 aromatic heterocycles. The number of ether oxygens (including phenoxy) is 2. The van der Waals surface area contributed by atoms with Gasteiger partial charge in [0.25, 0.3) is 0 Å². The molecule has 3 rings (SSSR count). The average molecular weight is 457 g/mol. The number of alkyl halides is 3. The van der Waals surface area contributed by atoms with E-state index in [0.717, 1.165) is 6.07 Å². The predicted octanol–water partition coefficient (Wildman–Crippen LogP) is 3.74. The highest BCUT2D eigenvalue weighted by molar-refractivity contribution is 5.65. The first-order valence-corrected chi connectivity index (χ1v) is 9.78. The number of halogens is 4. The van der Waals surface area contributed by atoms with Crippen molar-refractivity contribution < 1.29 is 31.8 Å². The topological polar surface area (TPSA) is 88.6 Å². The van der Waals surface area contributed by atoms with Crippen LogP contribution in [-0.4, -0.2) is 54.1 Å². The second-order valence-corrected chi connectivity index (χ2v) is 7.41. The van der Waals surface area contributed by atoms with E-state index >= 15 is 0 Å². The van der Waals surface area contributed by atoms with Crippen LogP contribution in [-0.2, 0) is 15.7 Å². The number of nitrogens with zero attached hydrogens (tertiary/aromatic N) is 3. The summed E-state index contributed by atoms with van der Waals surface area (Å²) in [5, 5.41) is 5.35. The quantitative estimate of drug-likeness (QED) is 0.484. The van der Waals surface area contributed by atoms with Crippen molar-refractivity contribution in [3.63, 3.8) is 0 Å². The monoisotopic (exact) mass is 457 g/mol. The van der Waals surface area contributed by atoms with Crippen molar-refractivity contribution in [2.45, 2.75) is 32.2 Å². The second kappa shape index (κ2) is 9.55. The van der Waals surface area contributed by atoms with Crippen molar-refractivity contribution >= 4 is 23.9 Å². The van der Waals surface area contributed by atoms with Crippen LogP contribution in [0.25, 0.3) is 0 Å². The van der Waals surface area contributed by atoms with E-state index < -0.39 is 29.5 Å². The fourth-order valence-corrected chi connectivity index (χ4v) is 3.19. The number of aromatic nitrogens is 2. The zero-order valence-electron chi connectivity index (χ0n) is 17.7. The minimum absolute atomic E-state index is 0.118. The van der Waals surface area contributed by atoms with E-state index in [1.54, 1.807) is 13.8 Å². The van der Waals surface area contributed by atoms with Crippen LogP contribution in [0.4, 0.5) is 35.0 Å². The normalized spacial score (nSPS) is 16.8. The van der Waals surface area contributed by atoms with E-state index in [2.05, 4.69) is 20.6 Å². The minimum atomic E-state index is -4.64. The van der Waals surface area contributed by atoms with Gasteiger partial charge in [-0.2, -0.15) is 18.2 Å². The molecule has 0 spiro atoms. The van der Waals surface area contributed by atoms with E-state index in [0.29, 0.717) is 19.2 Å². The van der Waals surface area contributed by atoms with Gasteiger partial charge >= 0.3 is 6.18 Å². The SMILES string of the molecule is COc1cc(C2CN(C=O)CCO2)c(F)cc1Nc1ncc(C(F)(F)F)c(NC(C)C)n1. The summed E-state index contributed by atoms with van der Waals surface area (Å²) in [6, 6.07) is 2.22. The summed E-state index contributed by atoms with van der Waals surface area (Å²) in [5.41, 5.74) is -0.707. The molecule has 2 N–H and O–H groups in total. The van der Waals surface area contributed by atoms with Gasteiger partial charge in [-0.25, -0.2) is 9.37 Å². The summed E-state index contributed by atoms with van der Waals surface area (Å²) in [7, 11) is 1.36.